The first-order chi connectivity index (χ1) is 9.67. The monoisotopic (exact) mass is 282 g/mol. The van der Waals surface area contributed by atoms with Gasteiger partial charge in [0.25, 0.3) is 0 Å². The fourth-order valence-electron chi connectivity index (χ4n) is 2.31. The van der Waals surface area contributed by atoms with Crippen LogP contribution in [-0.4, -0.2) is 64.9 Å². The molecule has 2 aromatic rings. The van der Waals surface area contributed by atoms with E-state index in [0.29, 0.717) is 16.9 Å². The number of ether oxygens (including phenoxy) is 1. The molecule has 0 aliphatic carbocycles. The van der Waals surface area contributed by atoms with E-state index in [2.05, 4.69) is 15.0 Å². The van der Waals surface area contributed by atoms with Crippen LogP contribution in [0, 0.1) is 0 Å². The second-order valence-corrected chi connectivity index (χ2v) is 4.53. The molecule has 1 aliphatic heterocycles. The Labute approximate surface area is 113 Å². The third-order valence-corrected chi connectivity index (χ3v) is 3.38. The van der Waals surface area contributed by atoms with E-state index in [1.54, 1.807) is 0 Å². The van der Waals surface area contributed by atoms with Gasteiger partial charge in [0, 0.05) is 0 Å². The Bertz CT molecular complexity index is 618. The van der Waals surface area contributed by atoms with Crippen molar-refractivity contribution in [1.29, 1.82) is 0 Å². The van der Waals surface area contributed by atoms with Gasteiger partial charge in [0.1, 0.15) is 30.2 Å². The summed E-state index contributed by atoms with van der Waals surface area (Å²) in [4.78, 5) is 12.0. The average Bonchev–Trinajstić information content (AvgIpc) is 3.01. The molecule has 4 N–H and O–H groups in total. The molecular formula is C11H14N4O5. The maximum atomic E-state index is 9.99. The van der Waals surface area contributed by atoms with E-state index in [1.807, 2.05) is 0 Å². The van der Waals surface area contributed by atoms with E-state index in [1.165, 1.54) is 17.2 Å². The van der Waals surface area contributed by atoms with Crippen LogP contribution in [0.25, 0.3) is 11.2 Å². The Morgan fingerprint density at radius 1 is 1.15 bits per heavy atom. The van der Waals surface area contributed by atoms with E-state index in [-0.39, 0.29) is 6.61 Å². The van der Waals surface area contributed by atoms with Crippen LogP contribution >= 0.6 is 0 Å². The standard InChI is InChI=1S/C11H14N4O5/c16-1-5-7-10(13-3-12-5)15(4-14-7)11-9(19)8(18)6(2-17)20-11/h3-4,6,8-9,11,16-19H,1-2H2/t6-,8-,9-,11?/m1/s1. The fourth-order valence-corrected chi connectivity index (χ4v) is 2.31. The highest BCUT2D eigenvalue weighted by molar-refractivity contribution is 5.73. The molecule has 0 saturated carbocycles. The highest BCUT2D eigenvalue weighted by Gasteiger charge is 2.43. The van der Waals surface area contributed by atoms with E-state index >= 15 is 0 Å². The summed E-state index contributed by atoms with van der Waals surface area (Å²) in [6.07, 6.45) is -1.52. The van der Waals surface area contributed by atoms with E-state index < -0.39 is 31.1 Å². The van der Waals surface area contributed by atoms with Crippen molar-refractivity contribution in [2.24, 2.45) is 0 Å². The van der Waals surface area contributed by atoms with Gasteiger partial charge in [-0.15, -0.1) is 0 Å². The number of nitrogens with zero attached hydrogens (tertiary/aromatic N) is 4. The highest BCUT2D eigenvalue weighted by Crippen LogP contribution is 2.31. The maximum absolute atomic E-state index is 9.99. The molecule has 0 amide bonds. The third-order valence-electron chi connectivity index (χ3n) is 3.38. The molecule has 20 heavy (non-hydrogen) atoms. The SMILES string of the molecule is OCc1ncnc2c1ncn2C1O[C@H](CO)[C@@H](O)[C@H]1O. The quantitative estimate of drug-likeness (QED) is 0.504. The first-order valence-electron chi connectivity index (χ1n) is 6.07. The van der Waals surface area contributed by atoms with Crippen LogP contribution in [0.2, 0.25) is 0 Å². The lowest BCUT2D eigenvalue weighted by atomic mass is 10.1. The predicted molar refractivity (Wildman–Crippen MR) is 64.3 cm³/mol. The summed E-state index contributed by atoms with van der Waals surface area (Å²) in [5, 5.41) is 38.0. The zero-order chi connectivity index (χ0) is 14.3. The molecule has 2 aromatic heterocycles. The molecule has 1 fully saturated rings. The van der Waals surface area contributed by atoms with Crippen molar-refractivity contribution >= 4 is 11.2 Å². The van der Waals surface area contributed by atoms with E-state index in [4.69, 9.17) is 9.84 Å². The smallest absolute Gasteiger partial charge is 0.165 e. The molecule has 3 heterocycles. The minimum Gasteiger partial charge on any atom is -0.394 e. The van der Waals surface area contributed by atoms with Crippen molar-refractivity contribution in [2.75, 3.05) is 6.61 Å². The summed E-state index contributed by atoms with van der Waals surface area (Å²) in [6, 6.07) is 0. The van der Waals surface area contributed by atoms with Crippen LogP contribution in [0.1, 0.15) is 11.9 Å². The van der Waals surface area contributed by atoms with Crippen LogP contribution in [0.5, 0.6) is 0 Å². The van der Waals surface area contributed by atoms with E-state index in [9.17, 15) is 15.3 Å². The fraction of sp³-hybridized carbons (Fsp3) is 0.545. The second kappa shape index (κ2) is 5.04. The summed E-state index contributed by atoms with van der Waals surface area (Å²) in [5.74, 6) is 0. The van der Waals surface area contributed by atoms with Crippen LogP contribution in [-0.2, 0) is 11.3 Å². The summed E-state index contributed by atoms with van der Waals surface area (Å²) in [6.45, 7) is -0.690. The summed E-state index contributed by atoms with van der Waals surface area (Å²) in [7, 11) is 0. The second-order valence-electron chi connectivity index (χ2n) is 4.53. The number of fused-ring (bicyclic) bond motifs is 1. The number of aromatic nitrogens is 4. The maximum Gasteiger partial charge on any atom is 0.165 e. The Morgan fingerprint density at radius 3 is 2.60 bits per heavy atom. The Hall–Kier alpha value is -1.65. The van der Waals surface area contributed by atoms with Gasteiger partial charge in [-0.05, 0) is 0 Å². The minimum absolute atomic E-state index is 0.286. The number of aliphatic hydroxyl groups excluding tert-OH is 4. The topological polar surface area (TPSA) is 134 Å². The molecule has 0 aromatic carbocycles. The molecule has 1 aliphatic rings. The van der Waals surface area contributed by atoms with E-state index in [0.717, 1.165) is 0 Å². The van der Waals surface area contributed by atoms with Crippen molar-refractivity contribution in [1.82, 2.24) is 19.5 Å². The number of imidazole rings is 1. The Balaban J connectivity index is 2.03. The molecule has 9 heteroatoms. The largest absolute Gasteiger partial charge is 0.394 e. The van der Waals surface area contributed by atoms with Gasteiger partial charge in [-0.2, -0.15) is 0 Å². The van der Waals surface area contributed by atoms with Gasteiger partial charge in [-0.25, -0.2) is 15.0 Å². The van der Waals surface area contributed by atoms with Crippen LogP contribution < -0.4 is 0 Å². The van der Waals surface area contributed by atoms with Crippen molar-refractivity contribution in [2.45, 2.75) is 31.1 Å². The van der Waals surface area contributed by atoms with Gasteiger partial charge >= 0.3 is 0 Å². The van der Waals surface area contributed by atoms with Crippen LogP contribution in [0.3, 0.4) is 0 Å². The van der Waals surface area contributed by atoms with Crippen LogP contribution in [0.15, 0.2) is 12.7 Å². The molecule has 108 valence electrons. The van der Waals surface area contributed by atoms with Crippen molar-refractivity contribution in [3.8, 4) is 0 Å². The molecule has 9 nitrogen and oxygen atoms in total. The first kappa shape index (κ1) is 13.3. The van der Waals surface area contributed by atoms with Crippen LogP contribution in [0.4, 0.5) is 0 Å². The summed E-state index contributed by atoms with van der Waals surface area (Å²) in [5.41, 5.74) is 1.13. The lowest BCUT2D eigenvalue weighted by Crippen LogP contribution is -2.33. The Kier molecular flexibility index (Phi) is 3.36. The van der Waals surface area contributed by atoms with Gasteiger partial charge in [0.2, 0.25) is 0 Å². The molecule has 1 saturated heterocycles. The molecule has 0 bridgehead atoms. The molecule has 0 radical (unpaired) electrons. The van der Waals surface area contributed by atoms with Gasteiger partial charge in [0.05, 0.1) is 25.2 Å². The summed E-state index contributed by atoms with van der Waals surface area (Å²) < 4.78 is 6.86. The molecule has 4 atom stereocenters. The van der Waals surface area contributed by atoms with Gasteiger partial charge in [-0.1, -0.05) is 0 Å². The number of hydrogen-bond donors (Lipinski definition) is 4. The number of aliphatic hydroxyl groups is 4. The van der Waals surface area contributed by atoms with Crippen molar-refractivity contribution in [3.05, 3.63) is 18.3 Å². The molecule has 3 rings (SSSR count). The summed E-state index contributed by atoms with van der Waals surface area (Å²) >= 11 is 0. The highest BCUT2D eigenvalue weighted by atomic mass is 16.6. The van der Waals surface area contributed by atoms with Crippen molar-refractivity contribution < 1.29 is 25.2 Å². The molecule has 1 unspecified atom stereocenters. The van der Waals surface area contributed by atoms with Gasteiger partial charge < -0.3 is 25.2 Å². The van der Waals surface area contributed by atoms with Gasteiger partial charge in [0.15, 0.2) is 11.9 Å². The lowest BCUT2D eigenvalue weighted by Gasteiger charge is -2.16. The zero-order valence-electron chi connectivity index (χ0n) is 10.4. The van der Waals surface area contributed by atoms with Crippen molar-refractivity contribution in [3.63, 3.8) is 0 Å². The third kappa shape index (κ3) is 1.87. The first-order valence-corrected chi connectivity index (χ1v) is 6.07. The molecular weight excluding hydrogens is 268 g/mol. The zero-order valence-corrected chi connectivity index (χ0v) is 10.4. The predicted octanol–water partition coefficient (Wildman–Crippen LogP) is -2.07. The number of rotatable bonds is 3. The average molecular weight is 282 g/mol. The molecule has 0 spiro atoms. The Morgan fingerprint density at radius 2 is 1.95 bits per heavy atom. The lowest BCUT2D eigenvalue weighted by molar-refractivity contribution is -0.0511. The normalized spacial score (nSPS) is 30.2. The van der Waals surface area contributed by atoms with Gasteiger partial charge in [-0.3, -0.25) is 4.57 Å². The number of hydrogen-bond acceptors (Lipinski definition) is 8. The minimum atomic E-state index is -1.21.